The summed E-state index contributed by atoms with van der Waals surface area (Å²) in [5, 5.41) is 5.65. The molecule has 2 aliphatic rings. The van der Waals surface area contributed by atoms with Gasteiger partial charge in [-0.3, -0.25) is 9.80 Å². The molecule has 0 saturated carbocycles. The van der Waals surface area contributed by atoms with Crippen molar-refractivity contribution in [1.82, 2.24) is 15.0 Å². The molecule has 28 heavy (non-hydrogen) atoms. The maximum atomic E-state index is 5.88. The fraction of sp³-hybridized carbons (Fsp3) is 0.708. The van der Waals surface area contributed by atoms with Gasteiger partial charge in [-0.1, -0.05) is 32.0 Å². The number of hydrogen-bond donors (Lipinski definition) is 0. The molecule has 4 rings (SSSR count). The average molecular weight is 384 g/mol. The molecule has 0 atom stereocenters. The van der Waals surface area contributed by atoms with Gasteiger partial charge in [-0.05, 0) is 70.7 Å². The van der Waals surface area contributed by atoms with Crippen LogP contribution in [0.15, 0.2) is 16.7 Å². The van der Waals surface area contributed by atoms with Crippen LogP contribution in [-0.4, -0.2) is 46.7 Å². The van der Waals surface area contributed by atoms with Crippen LogP contribution in [0.4, 0.5) is 0 Å². The molecule has 0 N–H and O–H groups in total. The number of benzene rings is 1. The Morgan fingerprint density at radius 2 is 1.75 bits per heavy atom. The Labute approximate surface area is 170 Å². The normalized spacial score (nSPS) is 20.6. The third-order valence-corrected chi connectivity index (χ3v) is 6.71. The van der Waals surface area contributed by atoms with E-state index in [2.05, 4.69) is 68.6 Å². The van der Waals surface area contributed by atoms with Gasteiger partial charge in [0.1, 0.15) is 0 Å². The summed E-state index contributed by atoms with van der Waals surface area (Å²) in [4.78, 5) is 5.29. The molecule has 0 radical (unpaired) electrons. The van der Waals surface area contributed by atoms with Crippen LogP contribution in [0.2, 0.25) is 0 Å². The van der Waals surface area contributed by atoms with Crippen LogP contribution in [-0.2, 0) is 18.4 Å². The Morgan fingerprint density at radius 1 is 1.04 bits per heavy atom. The second-order valence-electron chi connectivity index (χ2n) is 10.9. The first-order chi connectivity index (χ1) is 13.1. The molecule has 0 amide bonds. The molecule has 4 nitrogen and oxygen atoms in total. The van der Waals surface area contributed by atoms with E-state index in [-0.39, 0.29) is 5.41 Å². The lowest BCUT2D eigenvalue weighted by Gasteiger charge is -2.42. The first kappa shape index (κ1) is 19.9. The molecule has 2 aliphatic heterocycles. The molecule has 1 aromatic carbocycles. The van der Waals surface area contributed by atoms with E-state index in [0.29, 0.717) is 5.54 Å². The van der Waals surface area contributed by atoms with Gasteiger partial charge >= 0.3 is 0 Å². The van der Waals surface area contributed by atoms with E-state index >= 15 is 0 Å². The van der Waals surface area contributed by atoms with Crippen molar-refractivity contribution in [3.05, 3.63) is 29.0 Å². The minimum absolute atomic E-state index is 0.00880. The highest BCUT2D eigenvalue weighted by atomic mass is 16.5. The zero-order valence-corrected chi connectivity index (χ0v) is 18.6. The zero-order valence-electron chi connectivity index (χ0n) is 18.6. The summed E-state index contributed by atoms with van der Waals surface area (Å²) in [5.74, 6) is 0.819. The van der Waals surface area contributed by atoms with Crippen molar-refractivity contribution in [2.24, 2.45) is 5.92 Å². The van der Waals surface area contributed by atoms with E-state index in [9.17, 15) is 0 Å². The van der Waals surface area contributed by atoms with Crippen molar-refractivity contribution in [2.75, 3.05) is 26.2 Å². The number of piperidine rings is 1. The van der Waals surface area contributed by atoms with Crippen LogP contribution in [0.5, 0.6) is 0 Å². The molecule has 0 aliphatic carbocycles. The van der Waals surface area contributed by atoms with Crippen LogP contribution in [0.3, 0.4) is 0 Å². The fourth-order valence-corrected chi connectivity index (χ4v) is 4.94. The van der Waals surface area contributed by atoms with E-state index in [1.54, 1.807) is 0 Å². The molecular formula is C24H37N3O. The van der Waals surface area contributed by atoms with E-state index < -0.39 is 0 Å². The van der Waals surface area contributed by atoms with Gasteiger partial charge in [0.25, 0.3) is 0 Å². The Balaban J connectivity index is 1.47. The number of rotatable bonds is 2. The maximum absolute atomic E-state index is 5.88. The van der Waals surface area contributed by atoms with Crippen LogP contribution >= 0.6 is 0 Å². The molecule has 1 fully saturated rings. The lowest BCUT2D eigenvalue weighted by molar-refractivity contribution is 0.0724. The lowest BCUT2D eigenvalue weighted by Crippen LogP contribution is -2.47. The Hall–Kier alpha value is -1.39. The molecule has 4 heteroatoms. The van der Waals surface area contributed by atoms with E-state index in [1.165, 1.54) is 49.0 Å². The maximum Gasteiger partial charge on any atom is 0.171 e. The van der Waals surface area contributed by atoms with Gasteiger partial charge in [-0.25, -0.2) is 0 Å². The molecule has 1 saturated heterocycles. The van der Waals surface area contributed by atoms with Gasteiger partial charge in [-0.2, -0.15) is 0 Å². The van der Waals surface area contributed by atoms with Crippen LogP contribution in [0.1, 0.15) is 71.2 Å². The zero-order chi connectivity index (χ0) is 20.1. The topological polar surface area (TPSA) is 32.5 Å². The highest BCUT2D eigenvalue weighted by molar-refractivity contribution is 5.84. The quantitative estimate of drug-likeness (QED) is 0.731. The molecular weight excluding hydrogens is 346 g/mol. The standard InChI is InChI=1S/C24H37N3O/c1-23(2,3)22-19-8-7-18-11-12-26(16-20(18)21(19)28-25-22)15-17-9-13-27(14-10-17)24(4,5)6/h7-8,17H,9-16H2,1-6H3. The van der Waals surface area contributed by atoms with Crippen LogP contribution < -0.4 is 0 Å². The van der Waals surface area contributed by atoms with E-state index in [0.717, 1.165) is 36.7 Å². The highest BCUT2D eigenvalue weighted by Crippen LogP contribution is 2.35. The van der Waals surface area contributed by atoms with Crippen molar-refractivity contribution < 1.29 is 4.52 Å². The van der Waals surface area contributed by atoms with Gasteiger partial charge in [0.15, 0.2) is 5.58 Å². The minimum Gasteiger partial charge on any atom is -0.356 e. The second kappa shape index (κ2) is 7.14. The average Bonchev–Trinajstić information content (AvgIpc) is 3.06. The van der Waals surface area contributed by atoms with Gasteiger partial charge in [0.05, 0.1) is 5.69 Å². The number of aromatic nitrogens is 1. The molecule has 0 unspecified atom stereocenters. The summed E-state index contributed by atoms with van der Waals surface area (Å²) < 4.78 is 5.88. The van der Waals surface area contributed by atoms with E-state index in [1.807, 2.05) is 0 Å². The Morgan fingerprint density at radius 3 is 2.39 bits per heavy atom. The van der Waals surface area contributed by atoms with Crippen LogP contribution in [0.25, 0.3) is 11.0 Å². The van der Waals surface area contributed by atoms with Crippen LogP contribution in [0, 0.1) is 5.92 Å². The number of hydrogen-bond acceptors (Lipinski definition) is 4. The lowest BCUT2D eigenvalue weighted by atomic mass is 9.88. The third kappa shape index (κ3) is 3.86. The van der Waals surface area contributed by atoms with Gasteiger partial charge in [0.2, 0.25) is 0 Å². The van der Waals surface area contributed by atoms with Gasteiger partial charge in [-0.15, -0.1) is 0 Å². The number of fused-ring (bicyclic) bond motifs is 3. The smallest absolute Gasteiger partial charge is 0.171 e. The molecule has 0 bridgehead atoms. The largest absolute Gasteiger partial charge is 0.356 e. The Bertz CT molecular complexity index is 832. The van der Waals surface area contributed by atoms with E-state index in [4.69, 9.17) is 4.52 Å². The first-order valence-corrected chi connectivity index (χ1v) is 11.0. The summed E-state index contributed by atoms with van der Waals surface area (Å²) in [6, 6.07) is 4.53. The summed E-state index contributed by atoms with van der Waals surface area (Å²) in [6.07, 6.45) is 3.76. The summed E-state index contributed by atoms with van der Waals surface area (Å²) in [5.41, 5.74) is 5.24. The fourth-order valence-electron chi connectivity index (χ4n) is 4.94. The highest BCUT2D eigenvalue weighted by Gasteiger charge is 2.30. The Kier molecular flexibility index (Phi) is 5.08. The summed E-state index contributed by atoms with van der Waals surface area (Å²) >= 11 is 0. The monoisotopic (exact) mass is 383 g/mol. The third-order valence-electron chi connectivity index (χ3n) is 6.71. The second-order valence-corrected chi connectivity index (χ2v) is 10.9. The van der Waals surface area contributed by atoms with Crippen molar-refractivity contribution in [3.63, 3.8) is 0 Å². The van der Waals surface area contributed by atoms with Crippen molar-refractivity contribution in [1.29, 1.82) is 0 Å². The summed E-state index contributed by atoms with van der Waals surface area (Å²) in [6.45, 7) is 19.5. The minimum atomic E-state index is 0.00880. The molecule has 0 spiro atoms. The number of likely N-dealkylation sites (tertiary alicyclic amines) is 1. The first-order valence-electron chi connectivity index (χ1n) is 11.0. The molecule has 2 aromatic rings. The van der Waals surface area contributed by atoms with Crippen molar-refractivity contribution >= 4 is 11.0 Å². The number of nitrogens with zero attached hydrogens (tertiary/aromatic N) is 3. The predicted molar refractivity (Wildman–Crippen MR) is 116 cm³/mol. The van der Waals surface area contributed by atoms with Gasteiger partial charge < -0.3 is 4.52 Å². The van der Waals surface area contributed by atoms with Crippen molar-refractivity contribution in [3.8, 4) is 0 Å². The molecule has 1 aromatic heterocycles. The molecule has 154 valence electrons. The SMILES string of the molecule is CC(C)(C)c1noc2c3c(ccc12)CCN(CC1CCN(C(C)(C)C)CC1)C3. The summed E-state index contributed by atoms with van der Waals surface area (Å²) in [7, 11) is 0. The van der Waals surface area contributed by atoms with Gasteiger partial charge in [0, 0.05) is 41.5 Å². The van der Waals surface area contributed by atoms with Crippen molar-refractivity contribution in [2.45, 2.75) is 78.3 Å². The molecule has 3 heterocycles. The predicted octanol–water partition coefficient (Wildman–Crippen LogP) is 4.99.